The molecule has 1 aliphatic heterocycles. The second-order valence-corrected chi connectivity index (χ2v) is 14.7. The van der Waals surface area contributed by atoms with E-state index in [0.29, 0.717) is 0 Å². The molecule has 7 aromatic carbocycles. The summed E-state index contributed by atoms with van der Waals surface area (Å²) in [6.45, 7) is 5.07. The standard InChI is InChI=1S/C46H42N2/c1-45-28-11-12-29-46(45,2)48(34-25-23-33(24-26-34)47(3)4)42-27-22-32(30-41(42)45)43-37-17-7-9-19-39(37)44(40-20-10-8-18-38(40)43)36-21-13-15-31-14-5-6-16-35(31)36/h5-10,13-27,30H,11-12,28-29H2,1-4H3. The van der Waals surface area contributed by atoms with Gasteiger partial charge in [0, 0.05) is 36.6 Å². The molecule has 2 heteroatoms. The Morgan fingerprint density at radius 1 is 0.562 bits per heavy atom. The van der Waals surface area contributed by atoms with E-state index in [0.717, 1.165) is 0 Å². The monoisotopic (exact) mass is 622 g/mol. The van der Waals surface area contributed by atoms with Crippen molar-refractivity contribution in [3.63, 3.8) is 0 Å². The van der Waals surface area contributed by atoms with Crippen LogP contribution in [0.5, 0.6) is 0 Å². The van der Waals surface area contributed by atoms with Crippen molar-refractivity contribution in [1.29, 1.82) is 0 Å². The fourth-order valence-electron chi connectivity index (χ4n) is 9.37. The van der Waals surface area contributed by atoms with Gasteiger partial charge >= 0.3 is 0 Å². The molecule has 0 radical (unpaired) electrons. The third-order valence-electron chi connectivity index (χ3n) is 12.0. The molecule has 0 spiro atoms. The molecule has 1 heterocycles. The lowest BCUT2D eigenvalue weighted by Crippen LogP contribution is -2.54. The normalized spacial score (nSPS) is 20.3. The summed E-state index contributed by atoms with van der Waals surface area (Å²) in [7, 11) is 4.23. The predicted molar refractivity (Wildman–Crippen MR) is 207 cm³/mol. The molecule has 7 aromatic rings. The first kappa shape index (κ1) is 29.1. The summed E-state index contributed by atoms with van der Waals surface area (Å²) in [5, 5.41) is 7.80. The van der Waals surface area contributed by atoms with Crippen LogP contribution in [0.3, 0.4) is 0 Å². The van der Waals surface area contributed by atoms with Crippen molar-refractivity contribution in [2.45, 2.75) is 50.5 Å². The Morgan fingerprint density at radius 3 is 1.81 bits per heavy atom. The number of hydrogen-bond donors (Lipinski definition) is 0. The molecule has 1 saturated carbocycles. The molecule has 1 fully saturated rings. The zero-order valence-electron chi connectivity index (χ0n) is 28.4. The largest absolute Gasteiger partial charge is 0.378 e. The molecule has 2 unspecified atom stereocenters. The molecule has 0 aromatic heterocycles. The van der Waals surface area contributed by atoms with Gasteiger partial charge in [-0.3, -0.25) is 0 Å². The van der Waals surface area contributed by atoms with Crippen LogP contribution in [0, 0.1) is 0 Å². The molecule has 0 bridgehead atoms. The number of fused-ring (bicyclic) bond motifs is 6. The first-order chi connectivity index (χ1) is 23.4. The summed E-state index contributed by atoms with van der Waals surface area (Å²) in [6, 6.07) is 50.2. The van der Waals surface area contributed by atoms with E-state index >= 15 is 0 Å². The topological polar surface area (TPSA) is 6.48 Å². The summed E-state index contributed by atoms with van der Waals surface area (Å²) < 4.78 is 0. The summed E-state index contributed by atoms with van der Waals surface area (Å²) in [5.41, 5.74) is 10.7. The van der Waals surface area contributed by atoms with Crippen molar-refractivity contribution in [1.82, 2.24) is 0 Å². The van der Waals surface area contributed by atoms with Gasteiger partial charge in [0.05, 0.1) is 5.54 Å². The maximum Gasteiger partial charge on any atom is 0.0517 e. The quantitative estimate of drug-likeness (QED) is 0.180. The number of rotatable bonds is 4. The lowest BCUT2D eigenvalue weighted by molar-refractivity contribution is 0.195. The molecule has 48 heavy (non-hydrogen) atoms. The Morgan fingerprint density at radius 2 is 1.15 bits per heavy atom. The van der Waals surface area contributed by atoms with E-state index in [2.05, 4.69) is 171 Å². The fraction of sp³-hybridized carbons (Fsp3) is 0.217. The highest BCUT2D eigenvalue weighted by Gasteiger charge is 2.57. The van der Waals surface area contributed by atoms with E-state index in [1.54, 1.807) is 0 Å². The molecular weight excluding hydrogens is 581 g/mol. The summed E-state index contributed by atoms with van der Waals surface area (Å²) in [4.78, 5) is 4.87. The first-order valence-corrected chi connectivity index (χ1v) is 17.5. The van der Waals surface area contributed by atoms with Crippen molar-refractivity contribution in [3.05, 3.63) is 139 Å². The van der Waals surface area contributed by atoms with Gasteiger partial charge in [-0.2, -0.15) is 0 Å². The minimum absolute atomic E-state index is 0.00813. The summed E-state index contributed by atoms with van der Waals surface area (Å²) in [5.74, 6) is 0. The van der Waals surface area contributed by atoms with Crippen LogP contribution in [0.2, 0.25) is 0 Å². The zero-order valence-corrected chi connectivity index (χ0v) is 28.4. The third-order valence-corrected chi connectivity index (χ3v) is 12.0. The Kier molecular flexibility index (Phi) is 6.50. The van der Waals surface area contributed by atoms with Gasteiger partial charge < -0.3 is 9.80 Å². The van der Waals surface area contributed by atoms with Crippen LogP contribution < -0.4 is 9.80 Å². The van der Waals surface area contributed by atoms with Gasteiger partial charge in [-0.1, -0.05) is 117 Å². The Labute approximate surface area is 284 Å². The maximum atomic E-state index is 2.69. The van der Waals surface area contributed by atoms with E-state index in [4.69, 9.17) is 0 Å². The van der Waals surface area contributed by atoms with Crippen molar-refractivity contribution < 1.29 is 0 Å². The average Bonchev–Trinajstić information content (AvgIpc) is 3.33. The predicted octanol–water partition coefficient (Wildman–Crippen LogP) is 12.3. The highest BCUT2D eigenvalue weighted by molar-refractivity contribution is 6.23. The molecule has 2 aliphatic rings. The van der Waals surface area contributed by atoms with E-state index < -0.39 is 0 Å². The number of anilines is 3. The molecule has 236 valence electrons. The van der Waals surface area contributed by atoms with Crippen molar-refractivity contribution >= 4 is 49.4 Å². The molecule has 0 saturated heterocycles. The summed E-state index contributed by atoms with van der Waals surface area (Å²) >= 11 is 0. The first-order valence-electron chi connectivity index (χ1n) is 17.5. The second kappa shape index (κ2) is 10.7. The fourth-order valence-corrected chi connectivity index (χ4v) is 9.37. The SMILES string of the molecule is CN(C)c1ccc(N2c3ccc(-c4c5ccccc5c(-c5cccc6ccccc56)c5ccccc45)cc3C3(C)CCCCC23C)cc1. The van der Waals surface area contributed by atoms with Gasteiger partial charge in [-0.15, -0.1) is 0 Å². The molecular formula is C46H42N2. The molecule has 9 rings (SSSR count). The second-order valence-electron chi connectivity index (χ2n) is 14.7. The molecule has 0 N–H and O–H groups in total. The zero-order chi connectivity index (χ0) is 32.6. The molecule has 2 nitrogen and oxygen atoms in total. The number of benzene rings is 7. The van der Waals surface area contributed by atoms with Crippen LogP contribution in [-0.4, -0.2) is 19.6 Å². The molecule has 1 aliphatic carbocycles. The highest BCUT2D eigenvalue weighted by atomic mass is 15.3. The van der Waals surface area contributed by atoms with Crippen LogP contribution in [0.1, 0.15) is 45.1 Å². The third kappa shape index (κ3) is 4.05. The van der Waals surface area contributed by atoms with Gasteiger partial charge in [0.2, 0.25) is 0 Å². The van der Waals surface area contributed by atoms with Crippen LogP contribution in [0.25, 0.3) is 54.6 Å². The van der Waals surface area contributed by atoms with Gasteiger partial charge in [-0.05, 0) is 116 Å². The Balaban J connectivity index is 1.30. The minimum atomic E-state index is 0.00813. The number of hydrogen-bond acceptors (Lipinski definition) is 2. The average molecular weight is 623 g/mol. The van der Waals surface area contributed by atoms with E-state index in [1.165, 1.54) is 103 Å². The summed E-state index contributed by atoms with van der Waals surface area (Å²) in [6.07, 6.45) is 4.93. The van der Waals surface area contributed by atoms with Gasteiger partial charge in [0.15, 0.2) is 0 Å². The lowest BCUT2D eigenvalue weighted by atomic mass is 9.61. The minimum Gasteiger partial charge on any atom is -0.378 e. The van der Waals surface area contributed by atoms with Crippen LogP contribution in [0.15, 0.2) is 133 Å². The van der Waals surface area contributed by atoms with Crippen LogP contribution in [-0.2, 0) is 5.41 Å². The van der Waals surface area contributed by atoms with Crippen molar-refractivity contribution in [3.8, 4) is 22.3 Å². The molecule has 2 atom stereocenters. The molecule has 0 amide bonds. The van der Waals surface area contributed by atoms with E-state index in [9.17, 15) is 0 Å². The highest BCUT2D eigenvalue weighted by Crippen LogP contribution is 2.61. The van der Waals surface area contributed by atoms with Crippen LogP contribution >= 0.6 is 0 Å². The smallest absolute Gasteiger partial charge is 0.0517 e. The van der Waals surface area contributed by atoms with E-state index in [1.807, 2.05) is 0 Å². The van der Waals surface area contributed by atoms with Crippen LogP contribution in [0.4, 0.5) is 17.1 Å². The Bertz CT molecular complexity index is 2310. The van der Waals surface area contributed by atoms with Crippen molar-refractivity contribution in [2.75, 3.05) is 23.9 Å². The Hall–Kier alpha value is -5.08. The van der Waals surface area contributed by atoms with Gasteiger partial charge in [0.1, 0.15) is 0 Å². The number of nitrogens with zero attached hydrogens (tertiary/aromatic N) is 2. The van der Waals surface area contributed by atoms with Gasteiger partial charge in [0.25, 0.3) is 0 Å². The van der Waals surface area contributed by atoms with Gasteiger partial charge in [-0.25, -0.2) is 0 Å². The lowest BCUT2D eigenvalue weighted by Gasteiger charge is -2.50. The van der Waals surface area contributed by atoms with Crippen molar-refractivity contribution in [2.24, 2.45) is 0 Å². The maximum absolute atomic E-state index is 2.69. The van der Waals surface area contributed by atoms with E-state index in [-0.39, 0.29) is 11.0 Å².